The van der Waals surface area contributed by atoms with E-state index >= 15 is 0 Å². The van der Waals surface area contributed by atoms with Crippen LogP contribution in [0.1, 0.15) is 30.0 Å². The van der Waals surface area contributed by atoms with E-state index in [9.17, 15) is 9.59 Å². The predicted molar refractivity (Wildman–Crippen MR) is 130 cm³/mol. The number of methoxy groups -OCH3 is 1. The Hall–Kier alpha value is -3.38. The van der Waals surface area contributed by atoms with Gasteiger partial charge in [-0.1, -0.05) is 60.7 Å². The Bertz CT molecular complexity index is 1100. The van der Waals surface area contributed by atoms with E-state index in [1.54, 1.807) is 7.11 Å². The van der Waals surface area contributed by atoms with Gasteiger partial charge in [0.05, 0.1) is 26.1 Å². The Balaban J connectivity index is 1.33. The number of fused-ring (bicyclic) bond motifs is 1. The number of rotatable bonds is 9. The van der Waals surface area contributed by atoms with Gasteiger partial charge < -0.3 is 15.4 Å². The summed E-state index contributed by atoms with van der Waals surface area (Å²) in [7, 11) is 1.67. The van der Waals surface area contributed by atoms with Crippen molar-refractivity contribution < 1.29 is 14.3 Å². The molecule has 6 nitrogen and oxygen atoms in total. The molecule has 172 valence electrons. The standard InChI is InChI=1S/C27H31N3O3/c1-33-25-14-5-4-13-23(25)24(30-15-6-7-16-30)18-28-27(32)19-29-26(31)17-21-11-8-10-20-9-2-3-12-22(20)21/h2-5,8-14,24H,6-7,15-19H2,1H3,(H,28,32)(H,29,31)/t24-/m1/s1. The van der Waals surface area contributed by atoms with Crippen LogP contribution in [0.25, 0.3) is 10.8 Å². The molecule has 6 heteroatoms. The van der Waals surface area contributed by atoms with Gasteiger partial charge in [-0.2, -0.15) is 0 Å². The lowest BCUT2D eigenvalue weighted by Crippen LogP contribution is -2.42. The number of hydrogen-bond donors (Lipinski definition) is 2. The number of likely N-dealkylation sites (tertiary alicyclic amines) is 1. The average Bonchev–Trinajstić information content (AvgIpc) is 3.38. The van der Waals surface area contributed by atoms with Gasteiger partial charge in [0.1, 0.15) is 5.75 Å². The van der Waals surface area contributed by atoms with Gasteiger partial charge in [0, 0.05) is 12.1 Å². The van der Waals surface area contributed by atoms with Crippen LogP contribution in [-0.4, -0.2) is 50.0 Å². The molecular formula is C27H31N3O3. The lowest BCUT2D eigenvalue weighted by molar-refractivity contribution is -0.125. The Morgan fingerprint density at radius 2 is 1.64 bits per heavy atom. The highest BCUT2D eigenvalue weighted by molar-refractivity contribution is 5.91. The minimum Gasteiger partial charge on any atom is -0.496 e. The van der Waals surface area contributed by atoms with Crippen molar-refractivity contribution in [1.29, 1.82) is 0 Å². The minimum absolute atomic E-state index is 0.0394. The SMILES string of the molecule is COc1ccccc1[C@@H](CNC(=O)CNC(=O)Cc1cccc2ccccc12)N1CCCC1. The van der Waals surface area contributed by atoms with Gasteiger partial charge in [-0.3, -0.25) is 14.5 Å². The molecule has 1 heterocycles. The number of carbonyl (C=O) groups is 2. The summed E-state index contributed by atoms with van der Waals surface area (Å²) in [6, 6.07) is 21.9. The van der Waals surface area contributed by atoms with E-state index in [0.717, 1.165) is 53.6 Å². The summed E-state index contributed by atoms with van der Waals surface area (Å²) in [5.74, 6) is 0.467. The topological polar surface area (TPSA) is 70.7 Å². The number of benzene rings is 3. The highest BCUT2D eigenvalue weighted by Crippen LogP contribution is 2.31. The first-order valence-corrected chi connectivity index (χ1v) is 11.5. The molecule has 33 heavy (non-hydrogen) atoms. The summed E-state index contributed by atoms with van der Waals surface area (Å²) < 4.78 is 5.56. The van der Waals surface area contributed by atoms with E-state index in [4.69, 9.17) is 4.74 Å². The van der Waals surface area contributed by atoms with Gasteiger partial charge in [-0.05, 0) is 48.3 Å². The van der Waals surface area contributed by atoms with Gasteiger partial charge in [0.15, 0.2) is 0 Å². The Morgan fingerprint density at radius 3 is 2.45 bits per heavy atom. The van der Waals surface area contributed by atoms with Crippen molar-refractivity contribution in [1.82, 2.24) is 15.5 Å². The maximum atomic E-state index is 12.5. The van der Waals surface area contributed by atoms with Gasteiger partial charge in [0.25, 0.3) is 0 Å². The molecule has 0 spiro atoms. The second-order valence-corrected chi connectivity index (χ2v) is 8.40. The first-order valence-electron chi connectivity index (χ1n) is 11.5. The summed E-state index contributed by atoms with van der Waals surface area (Å²) in [5.41, 5.74) is 2.03. The molecule has 1 atom stereocenters. The van der Waals surface area contributed by atoms with Crippen LogP contribution in [0.5, 0.6) is 5.75 Å². The first kappa shape index (κ1) is 22.8. The fraction of sp³-hybridized carbons (Fsp3) is 0.333. The highest BCUT2D eigenvalue weighted by Gasteiger charge is 2.26. The number of nitrogens with zero attached hydrogens (tertiary/aromatic N) is 1. The number of amides is 2. The quantitative estimate of drug-likeness (QED) is 0.529. The molecule has 2 amide bonds. The molecule has 0 aromatic heterocycles. The Morgan fingerprint density at radius 1 is 0.909 bits per heavy atom. The Labute approximate surface area is 194 Å². The van der Waals surface area contributed by atoms with E-state index < -0.39 is 0 Å². The van der Waals surface area contributed by atoms with E-state index in [1.807, 2.05) is 60.7 Å². The van der Waals surface area contributed by atoms with Crippen LogP contribution in [0.2, 0.25) is 0 Å². The minimum atomic E-state index is -0.194. The number of nitrogens with one attached hydrogen (secondary N) is 2. The Kier molecular flexibility index (Phi) is 7.58. The highest BCUT2D eigenvalue weighted by atomic mass is 16.5. The van der Waals surface area contributed by atoms with Crippen LogP contribution in [0, 0.1) is 0 Å². The zero-order valence-corrected chi connectivity index (χ0v) is 19.0. The molecule has 3 aromatic carbocycles. The third-order valence-corrected chi connectivity index (χ3v) is 6.25. The second-order valence-electron chi connectivity index (χ2n) is 8.40. The predicted octanol–water partition coefficient (Wildman–Crippen LogP) is 3.46. The number of ether oxygens (including phenoxy) is 1. The van der Waals surface area contributed by atoms with Crippen molar-refractivity contribution in [2.75, 3.05) is 33.3 Å². The lowest BCUT2D eigenvalue weighted by atomic mass is 10.0. The van der Waals surface area contributed by atoms with Crippen molar-refractivity contribution in [2.24, 2.45) is 0 Å². The van der Waals surface area contributed by atoms with Crippen LogP contribution in [0.4, 0.5) is 0 Å². The van der Waals surface area contributed by atoms with Gasteiger partial charge in [-0.15, -0.1) is 0 Å². The van der Waals surface area contributed by atoms with Crippen LogP contribution < -0.4 is 15.4 Å². The monoisotopic (exact) mass is 445 g/mol. The second kappa shape index (κ2) is 11.0. The van der Waals surface area contributed by atoms with Crippen LogP contribution in [-0.2, 0) is 16.0 Å². The van der Waals surface area contributed by atoms with E-state index in [-0.39, 0.29) is 30.8 Å². The van der Waals surface area contributed by atoms with Crippen molar-refractivity contribution >= 4 is 22.6 Å². The first-order chi connectivity index (χ1) is 16.2. The number of para-hydroxylation sites is 1. The summed E-state index contributed by atoms with van der Waals surface area (Å²) >= 11 is 0. The molecule has 2 N–H and O–H groups in total. The van der Waals surface area contributed by atoms with Gasteiger partial charge >= 0.3 is 0 Å². The van der Waals surface area contributed by atoms with E-state index in [0.29, 0.717) is 6.54 Å². The summed E-state index contributed by atoms with van der Waals surface area (Å²) in [5, 5.41) is 7.93. The fourth-order valence-corrected chi connectivity index (χ4v) is 4.56. The van der Waals surface area contributed by atoms with Crippen molar-refractivity contribution in [2.45, 2.75) is 25.3 Å². The molecule has 4 rings (SSSR count). The molecule has 1 aliphatic heterocycles. The van der Waals surface area contributed by atoms with E-state index in [2.05, 4.69) is 21.6 Å². The zero-order valence-electron chi connectivity index (χ0n) is 19.0. The van der Waals surface area contributed by atoms with Crippen LogP contribution in [0.15, 0.2) is 66.7 Å². The summed E-state index contributed by atoms with van der Waals surface area (Å²) in [6.07, 6.45) is 2.56. The maximum Gasteiger partial charge on any atom is 0.239 e. The van der Waals surface area contributed by atoms with Crippen molar-refractivity contribution in [3.05, 3.63) is 77.9 Å². The maximum absolute atomic E-state index is 12.5. The number of hydrogen-bond acceptors (Lipinski definition) is 4. The molecule has 1 saturated heterocycles. The number of carbonyl (C=O) groups excluding carboxylic acids is 2. The molecule has 3 aromatic rings. The normalized spacial score (nSPS) is 14.7. The fourth-order valence-electron chi connectivity index (χ4n) is 4.56. The van der Waals surface area contributed by atoms with Crippen molar-refractivity contribution in [3.63, 3.8) is 0 Å². The molecule has 0 radical (unpaired) electrons. The molecule has 1 aliphatic rings. The van der Waals surface area contributed by atoms with Crippen LogP contribution >= 0.6 is 0 Å². The van der Waals surface area contributed by atoms with Crippen molar-refractivity contribution in [3.8, 4) is 5.75 Å². The van der Waals surface area contributed by atoms with E-state index in [1.165, 1.54) is 0 Å². The molecule has 1 fully saturated rings. The smallest absolute Gasteiger partial charge is 0.239 e. The summed E-state index contributed by atoms with van der Waals surface area (Å²) in [4.78, 5) is 27.4. The lowest BCUT2D eigenvalue weighted by Gasteiger charge is -2.29. The van der Waals surface area contributed by atoms with Gasteiger partial charge in [-0.25, -0.2) is 0 Å². The largest absolute Gasteiger partial charge is 0.496 e. The van der Waals surface area contributed by atoms with Crippen LogP contribution in [0.3, 0.4) is 0 Å². The molecular weight excluding hydrogens is 414 g/mol. The molecule has 0 saturated carbocycles. The molecule has 0 bridgehead atoms. The third kappa shape index (κ3) is 5.71. The summed E-state index contributed by atoms with van der Waals surface area (Å²) in [6.45, 7) is 2.43. The average molecular weight is 446 g/mol. The molecule has 0 aliphatic carbocycles. The van der Waals surface area contributed by atoms with Gasteiger partial charge in [0.2, 0.25) is 11.8 Å². The third-order valence-electron chi connectivity index (χ3n) is 6.25. The zero-order chi connectivity index (χ0) is 23.0. The molecule has 0 unspecified atom stereocenters.